The molecule has 0 radical (unpaired) electrons. The number of fused-ring (bicyclic) bond motifs is 5. The van der Waals surface area contributed by atoms with Crippen molar-refractivity contribution in [2.24, 2.45) is 51.8 Å². The Bertz CT molecular complexity index is 854. The maximum absolute atomic E-state index is 11.5. The molecule has 2 heteroatoms. The van der Waals surface area contributed by atoms with E-state index in [-0.39, 0.29) is 17.5 Å². The van der Waals surface area contributed by atoms with E-state index >= 15 is 0 Å². The lowest BCUT2D eigenvalue weighted by Gasteiger charge is -2.57. The molecule has 0 amide bonds. The SMILES string of the molecule is CC(=O)O[C@H]1CC[C@@]2(C)[C@@H](CC=C3[C@@H]2CC[C@]2(C)[C@@H]([C@H](C)C#CC(C)(C)C(C)C)CC[C@@H]32)C1. The van der Waals surface area contributed by atoms with Crippen molar-refractivity contribution in [3.8, 4) is 11.8 Å². The van der Waals surface area contributed by atoms with Crippen LogP contribution in [0.1, 0.15) is 107 Å². The molecule has 3 saturated carbocycles. The average molecular weight is 453 g/mol. The molecule has 3 fully saturated rings. The number of carbonyl (C=O) groups is 1. The summed E-state index contributed by atoms with van der Waals surface area (Å²) < 4.78 is 5.64. The number of allylic oxidation sites excluding steroid dienone is 2. The van der Waals surface area contributed by atoms with Crippen LogP contribution < -0.4 is 0 Å². The van der Waals surface area contributed by atoms with E-state index in [1.807, 2.05) is 0 Å². The second-order valence-electron chi connectivity index (χ2n) is 13.4. The van der Waals surface area contributed by atoms with Crippen molar-refractivity contribution in [2.75, 3.05) is 0 Å². The van der Waals surface area contributed by atoms with Crippen LogP contribution >= 0.6 is 0 Å². The summed E-state index contributed by atoms with van der Waals surface area (Å²) in [5.41, 5.74) is 2.67. The van der Waals surface area contributed by atoms with E-state index in [1.54, 1.807) is 12.5 Å². The van der Waals surface area contributed by atoms with Crippen LogP contribution in [0.2, 0.25) is 0 Å². The highest BCUT2D eigenvalue weighted by molar-refractivity contribution is 5.66. The van der Waals surface area contributed by atoms with Gasteiger partial charge in [-0.2, -0.15) is 0 Å². The van der Waals surface area contributed by atoms with Crippen molar-refractivity contribution in [1.29, 1.82) is 0 Å². The maximum Gasteiger partial charge on any atom is 0.302 e. The average Bonchev–Trinajstić information content (AvgIpc) is 3.09. The minimum atomic E-state index is -0.116. The minimum Gasteiger partial charge on any atom is -0.463 e. The van der Waals surface area contributed by atoms with Gasteiger partial charge in [-0.15, -0.1) is 0 Å². The first-order valence-corrected chi connectivity index (χ1v) is 13.8. The third-order valence-electron chi connectivity index (χ3n) is 11.1. The third kappa shape index (κ3) is 4.32. The molecule has 0 aromatic carbocycles. The number of carbonyl (C=O) groups excluding carboxylic acids is 1. The van der Waals surface area contributed by atoms with E-state index in [9.17, 15) is 4.79 Å². The van der Waals surface area contributed by atoms with Crippen LogP contribution in [0.3, 0.4) is 0 Å². The molecule has 184 valence electrons. The molecule has 0 saturated heterocycles. The first kappa shape index (κ1) is 24.9. The number of hydrogen-bond acceptors (Lipinski definition) is 2. The van der Waals surface area contributed by atoms with Gasteiger partial charge in [-0.05, 0) is 106 Å². The third-order valence-corrected chi connectivity index (χ3v) is 11.1. The van der Waals surface area contributed by atoms with Gasteiger partial charge in [0.25, 0.3) is 0 Å². The van der Waals surface area contributed by atoms with Gasteiger partial charge in [0.2, 0.25) is 0 Å². The minimum absolute atomic E-state index is 0.0886. The van der Waals surface area contributed by atoms with E-state index < -0.39 is 0 Å². The molecule has 0 unspecified atom stereocenters. The summed E-state index contributed by atoms with van der Waals surface area (Å²) >= 11 is 0. The van der Waals surface area contributed by atoms with E-state index in [1.165, 1.54) is 38.5 Å². The number of hydrogen-bond donors (Lipinski definition) is 0. The van der Waals surface area contributed by atoms with E-state index in [4.69, 9.17) is 4.74 Å². The zero-order chi connectivity index (χ0) is 24.2. The van der Waals surface area contributed by atoms with Crippen LogP contribution in [0.4, 0.5) is 0 Å². The van der Waals surface area contributed by atoms with Crippen molar-refractivity contribution < 1.29 is 9.53 Å². The van der Waals surface area contributed by atoms with Gasteiger partial charge in [0, 0.05) is 18.3 Å². The lowest BCUT2D eigenvalue weighted by molar-refractivity contribution is -0.152. The second kappa shape index (κ2) is 8.77. The first-order valence-electron chi connectivity index (χ1n) is 13.8. The van der Waals surface area contributed by atoms with Gasteiger partial charge in [-0.3, -0.25) is 4.79 Å². The Hall–Kier alpha value is -1.23. The molecule has 4 aliphatic carbocycles. The van der Waals surface area contributed by atoms with E-state index in [2.05, 4.69) is 66.4 Å². The predicted octanol–water partition coefficient (Wildman–Crippen LogP) is 7.82. The molecule has 0 N–H and O–H groups in total. The Balaban J connectivity index is 1.53. The van der Waals surface area contributed by atoms with Crippen LogP contribution in [-0.4, -0.2) is 12.1 Å². The number of ether oxygens (including phenoxy) is 1. The summed E-state index contributed by atoms with van der Waals surface area (Å²) in [7, 11) is 0. The van der Waals surface area contributed by atoms with Crippen molar-refractivity contribution in [3.05, 3.63) is 11.6 Å². The van der Waals surface area contributed by atoms with Gasteiger partial charge in [-0.25, -0.2) is 0 Å². The fraction of sp³-hybridized carbons (Fsp3) is 0.839. The highest BCUT2D eigenvalue weighted by Gasteiger charge is 2.58. The number of esters is 1. The van der Waals surface area contributed by atoms with Crippen LogP contribution in [0.15, 0.2) is 11.6 Å². The molecule has 0 aromatic heterocycles. The van der Waals surface area contributed by atoms with E-state index in [0.29, 0.717) is 34.5 Å². The predicted molar refractivity (Wildman–Crippen MR) is 136 cm³/mol. The highest BCUT2D eigenvalue weighted by atomic mass is 16.5. The quantitative estimate of drug-likeness (QED) is 0.248. The molecule has 0 aliphatic heterocycles. The molecular weight excluding hydrogens is 404 g/mol. The fourth-order valence-electron chi connectivity index (χ4n) is 8.22. The second-order valence-corrected chi connectivity index (χ2v) is 13.4. The smallest absolute Gasteiger partial charge is 0.302 e. The highest BCUT2D eigenvalue weighted by Crippen LogP contribution is 2.66. The van der Waals surface area contributed by atoms with Crippen LogP contribution in [-0.2, 0) is 9.53 Å². The molecule has 4 rings (SSSR count). The topological polar surface area (TPSA) is 26.3 Å². The van der Waals surface area contributed by atoms with E-state index in [0.717, 1.165) is 24.7 Å². The molecular formula is C31H48O2. The lowest BCUT2D eigenvalue weighted by Crippen LogP contribution is -2.50. The van der Waals surface area contributed by atoms with Gasteiger partial charge in [-0.1, -0.05) is 58.1 Å². The maximum atomic E-state index is 11.5. The molecule has 0 spiro atoms. The largest absolute Gasteiger partial charge is 0.463 e. The summed E-state index contributed by atoms with van der Waals surface area (Å²) in [5.74, 6) is 11.2. The van der Waals surface area contributed by atoms with Crippen molar-refractivity contribution in [1.82, 2.24) is 0 Å². The summed E-state index contributed by atoms with van der Waals surface area (Å²) in [5, 5.41) is 0. The normalized spacial score (nSPS) is 41.1. The molecule has 0 aromatic rings. The number of rotatable bonds is 3. The first-order chi connectivity index (χ1) is 15.4. The Morgan fingerprint density at radius 1 is 1.06 bits per heavy atom. The van der Waals surface area contributed by atoms with Gasteiger partial charge in [0.05, 0.1) is 0 Å². The summed E-state index contributed by atoms with van der Waals surface area (Å²) in [6.45, 7) is 18.3. The molecule has 0 bridgehead atoms. The summed E-state index contributed by atoms with van der Waals surface area (Å²) in [6.07, 6.45) is 12.6. The Kier molecular flexibility index (Phi) is 6.61. The zero-order valence-corrected chi connectivity index (χ0v) is 22.6. The van der Waals surface area contributed by atoms with Gasteiger partial charge in [0.15, 0.2) is 0 Å². The Labute approximate surface area is 203 Å². The molecule has 0 heterocycles. The molecule has 8 atom stereocenters. The zero-order valence-electron chi connectivity index (χ0n) is 22.6. The lowest BCUT2D eigenvalue weighted by atomic mass is 9.47. The monoisotopic (exact) mass is 452 g/mol. The van der Waals surface area contributed by atoms with Crippen molar-refractivity contribution in [3.63, 3.8) is 0 Å². The Morgan fingerprint density at radius 3 is 2.39 bits per heavy atom. The summed E-state index contributed by atoms with van der Waals surface area (Å²) in [6, 6.07) is 0. The van der Waals surface area contributed by atoms with Crippen LogP contribution in [0, 0.1) is 63.6 Å². The summed E-state index contributed by atoms with van der Waals surface area (Å²) in [4.78, 5) is 11.5. The van der Waals surface area contributed by atoms with Gasteiger partial charge < -0.3 is 4.74 Å². The van der Waals surface area contributed by atoms with Crippen LogP contribution in [0.25, 0.3) is 0 Å². The van der Waals surface area contributed by atoms with Crippen LogP contribution in [0.5, 0.6) is 0 Å². The standard InChI is InChI=1S/C31H48O2/c1-20(2)29(5,6)16-13-21(3)26-11-12-27-25-10-9-23-19-24(33-22(4)32)14-17-30(23,7)28(25)15-18-31(26,27)8/h10,20-21,23-24,26-28H,9,11-12,14-15,17-19H2,1-8H3/t21-,23+,24+,26-,27+,28+,30+,31-/m1/s1. The molecule has 2 nitrogen and oxygen atoms in total. The molecule has 4 aliphatic rings. The van der Waals surface area contributed by atoms with Crippen molar-refractivity contribution >= 4 is 5.97 Å². The Morgan fingerprint density at radius 2 is 1.73 bits per heavy atom. The van der Waals surface area contributed by atoms with Gasteiger partial charge in [0.1, 0.15) is 6.10 Å². The van der Waals surface area contributed by atoms with Crippen molar-refractivity contribution in [2.45, 2.75) is 113 Å². The fourth-order valence-corrected chi connectivity index (χ4v) is 8.22. The van der Waals surface area contributed by atoms with Gasteiger partial charge >= 0.3 is 5.97 Å². The molecule has 33 heavy (non-hydrogen) atoms.